The van der Waals surface area contributed by atoms with Gasteiger partial charge in [0.15, 0.2) is 0 Å². The van der Waals surface area contributed by atoms with Gasteiger partial charge < -0.3 is 14.8 Å². The second-order valence-corrected chi connectivity index (χ2v) is 8.26. The number of rotatable bonds is 7. The van der Waals surface area contributed by atoms with Gasteiger partial charge in [-0.1, -0.05) is 6.42 Å². The minimum atomic E-state index is -4.48. The number of alkyl halides is 3. The van der Waals surface area contributed by atoms with Gasteiger partial charge in [0.2, 0.25) is 0 Å². The number of nitrogens with zero attached hydrogens (tertiary/aromatic N) is 2. The highest BCUT2D eigenvalue weighted by Gasteiger charge is 2.40. The molecular formula is C23H22F3N3O3. The maximum atomic E-state index is 12.8. The Kier molecular flexibility index (Phi) is 5.66. The zero-order chi connectivity index (χ0) is 22.9. The maximum absolute atomic E-state index is 12.8. The number of hydrogen-bond donors (Lipinski definition) is 2. The topological polar surface area (TPSA) is 88.1 Å². The van der Waals surface area contributed by atoms with Crippen LogP contribution in [0.2, 0.25) is 0 Å². The highest BCUT2D eigenvalue weighted by atomic mass is 19.4. The summed E-state index contributed by atoms with van der Waals surface area (Å²) in [6, 6.07) is 8.95. The molecule has 0 amide bonds. The number of nitrogens with one attached hydrogen (secondary N) is 1. The van der Waals surface area contributed by atoms with Gasteiger partial charge in [0.05, 0.1) is 24.9 Å². The molecule has 0 aliphatic heterocycles. The Hall–Kier alpha value is -3.36. The van der Waals surface area contributed by atoms with Crippen LogP contribution in [0.3, 0.4) is 0 Å². The van der Waals surface area contributed by atoms with Crippen molar-refractivity contribution in [1.29, 1.82) is 0 Å². The third-order valence-electron chi connectivity index (χ3n) is 5.88. The van der Waals surface area contributed by atoms with Crippen LogP contribution in [0.5, 0.6) is 5.75 Å². The first-order valence-corrected chi connectivity index (χ1v) is 10.2. The van der Waals surface area contributed by atoms with E-state index < -0.39 is 17.8 Å². The third kappa shape index (κ3) is 4.61. The molecule has 2 N–H and O–H groups in total. The van der Waals surface area contributed by atoms with Crippen molar-refractivity contribution < 1.29 is 27.8 Å². The number of aromatic nitrogens is 3. The molecule has 3 aromatic rings. The van der Waals surface area contributed by atoms with E-state index in [0.29, 0.717) is 23.6 Å². The van der Waals surface area contributed by atoms with E-state index in [4.69, 9.17) is 9.84 Å². The Bertz CT molecular complexity index is 1120. The molecule has 1 saturated carbocycles. The number of aromatic amines is 1. The first kappa shape index (κ1) is 21.9. The Morgan fingerprint density at radius 1 is 1.19 bits per heavy atom. The molecule has 4 rings (SSSR count). The van der Waals surface area contributed by atoms with Gasteiger partial charge in [-0.25, -0.2) is 4.98 Å². The van der Waals surface area contributed by atoms with E-state index in [9.17, 15) is 18.0 Å². The minimum Gasteiger partial charge on any atom is -0.493 e. The zero-order valence-electron chi connectivity index (χ0n) is 17.4. The summed E-state index contributed by atoms with van der Waals surface area (Å²) < 4.78 is 44.2. The van der Waals surface area contributed by atoms with Gasteiger partial charge in [0.25, 0.3) is 0 Å². The summed E-state index contributed by atoms with van der Waals surface area (Å²) in [6.45, 7) is 2.28. The van der Waals surface area contributed by atoms with Crippen molar-refractivity contribution >= 4 is 5.97 Å². The standard InChI is InChI=1S/C23H22F3N3O3/c1-14-9-16(32-13-22(7-2-8-22)10-20(30)31)4-5-17(14)18-6-3-15(11-27-18)21-28-12-19(29-21)23(24,25)26/h3-6,9,11-12H,2,7-8,10,13H2,1H3,(H,28,29)(H,30,31). The van der Waals surface area contributed by atoms with E-state index in [1.807, 2.05) is 25.1 Å². The number of carboxylic acid groups (broad SMARTS) is 1. The molecule has 0 atom stereocenters. The summed E-state index contributed by atoms with van der Waals surface area (Å²) >= 11 is 0. The first-order chi connectivity index (χ1) is 15.2. The summed E-state index contributed by atoms with van der Waals surface area (Å²) in [7, 11) is 0. The van der Waals surface area contributed by atoms with E-state index in [2.05, 4.69) is 15.0 Å². The summed E-state index contributed by atoms with van der Waals surface area (Å²) in [5, 5.41) is 9.13. The molecule has 32 heavy (non-hydrogen) atoms. The molecular weight excluding hydrogens is 423 g/mol. The van der Waals surface area contributed by atoms with Crippen molar-refractivity contribution in [2.24, 2.45) is 5.41 Å². The number of pyridine rings is 1. The number of carboxylic acids is 1. The maximum Gasteiger partial charge on any atom is 0.432 e. The molecule has 2 heterocycles. The van der Waals surface area contributed by atoms with Crippen LogP contribution in [0.25, 0.3) is 22.6 Å². The quantitative estimate of drug-likeness (QED) is 0.502. The zero-order valence-corrected chi connectivity index (χ0v) is 17.4. The summed E-state index contributed by atoms with van der Waals surface area (Å²) in [5.41, 5.74) is 1.71. The fourth-order valence-corrected chi connectivity index (χ4v) is 3.92. The van der Waals surface area contributed by atoms with Gasteiger partial charge >= 0.3 is 12.1 Å². The fraction of sp³-hybridized carbons (Fsp3) is 0.348. The molecule has 0 spiro atoms. The molecule has 9 heteroatoms. The molecule has 2 aromatic heterocycles. The molecule has 0 bridgehead atoms. The van der Waals surface area contributed by atoms with Crippen molar-refractivity contribution in [3.63, 3.8) is 0 Å². The number of halogens is 3. The monoisotopic (exact) mass is 445 g/mol. The lowest BCUT2D eigenvalue weighted by molar-refractivity contribution is -0.142. The third-order valence-corrected chi connectivity index (χ3v) is 5.88. The van der Waals surface area contributed by atoms with Crippen molar-refractivity contribution in [2.45, 2.75) is 38.8 Å². The summed E-state index contributed by atoms with van der Waals surface area (Å²) in [4.78, 5) is 21.5. The molecule has 0 saturated heterocycles. The number of ether oxygens (including phenoxy) is 1. The fourth-order valence-electron chi connectivity index (χ4n) is 3.92. The molecule has 0 radical (unpaired) electrons. The second kappa shape index (κ2) is 8.29. The van der Waals surface area contributed by atoms with Crippen molar-refractivity contribution in [1.82, 2.24) is 15.0 Å². The number of benzene rings is 1. The van der Waals surface area contributed by atoms with Crippen LogP contribution in [0.15, 0.2) is 42.7 Å². The normalized spacial score (nSPS) is 15.2. The van der Waals surface area contributed by atoms with Gasteiger partial charge in [0.1, 0.15) is 17.3 Å². The van der Waals surface area contributed by atoms with Gasteiger partial charge in [-0.2, -0.15) is 13.2 Å². The average molecular weight is 445 g/mol. The van der Waals surface area contributed by atoms with Crippen LogP contribution in [0.4, 0.5) is 13.2 Å². The Labute approximate surface area is 182 Å². The van der Waals surface area contributed by atoms with E-state index in [-0.39, 0.29) is 17.7 Å². The molecule has 6 nitrogen and oxygen atoms in total. The van der Waals surface area contributed by atoms with Crippen molar-refractivity contribution in [2.75, 3.05) is 6.61 Å². The summed E-state index contributed by atoms with van der Waals surface area (Å²) in [6.07, 6.45) is 0.595. The predicted molar refractivity (Wildman–Crippen MR) is 111 cm³/mol. The van der Waals surface area contributed by atoms with E-state index in [0.717, 1.165) is 36.6 Å². The number of carbonyl (C=O) groups is 1. The second-order valence-electron chi connectivity index (χ2n) is 8.26. The van der Waals surface area contributed by atoms with Gasteiger partial charge in [-0.05, 0) is 55.7 Å². The van der Waals surface area contributed by atoms with Crippen LogP contribution in [0, 0.1) is 12.3 Å². The van der Waals surface area contributed by atoms with Crippen LogP contribution in [0.1, 0.15) is 36.9 Å². The lowest BCUT2D eigenvalue weighted by Crippen LogP contribution is -2.37. The SMILES string of the molecule is Cc1cc(OCC2(CC(=O)O)CCC2)ccc1-c1ccc(-c2ncc(C(F)(F)F)[nH]2)cn1. The van der Waals surface area contributed by atoms with Crippen LogP contribution in [-0.4, -0.2) is 32.6 Å². The first-order valence-electron chi connectivity index (χ1n) is 10.2. The molecule has 1 aromatic carbocycles. The van der Waals surface area contributed by atoms with E-state index in [1.165, 1.54) is 6.20 Å². The van der Waals surface area contributed by atoms with Crippen molar-refractivity contribution in [3.8, 4) is 28.4 Å². The lowest BCUT2D eigenvalue weighted by Gasteiger charge is -2.40. The average Bonchev–Trinajstić information content (AvgIpc) is 3.21. The number of imidazole rings is 1. The predicted octanol–water partition coefficient (Wildman–Crippen LogP) is 5.49. The van der Waals surface area contributed by atoms with Crippen LogP contribution >= 0.6 is 0 Å². The Balaban J connectivity index is 1.46. The lowest BCUT2D eigenvalue weighted by atomic mass is 9.67. The number of hydrogen-bond acceptors (Lipinski definition) is 4. The number of aryl methyl sites for hydroxylation is 1. The minimum absolute atomic E-state index is 0.100. The van der Waals surface area contributed by atoms with Crippen molar-refractivity contribution in [3.05, 3.63) is 54.0 Å². The van der Waals surface area contributed by atoms with Crippen LogP contribution < -0.4 is 4.74 Å². The molecule has 1 aliphatic carbocycles. The van der Waals surface area contributed by atoms with E-state index >= 15 is 0 Å². The molecule has 1 aliphatic rings. The highest BCUT2D eigenvalue weighted by molar-refractivity contribution is 5.68. The van der Waals surface area contributed by atoms with Crippen LogP contribution in [-0.2, 0) is 11.0 Å². The smallest absolute Gasteiger partial charge is 0.432 e. The van der Waals surface area contributed by atoms with Gasteiger partial charge in [-0.15, -0.1) is 0 Å². The summed E-state index contributed by atoms with van der Waals surface area (Å²) in [5.74, 6) is -0.0449. The largest absolute Gasteiger partial charge is 0.493 e. The van der Waals surface area contributed by atoms with E-state index in [1.54, 1.807) is 12.1 Å². The highest BCUT2D eigenvalue weighted by Crippen LogP contribution is 2.44. The number of H-pyrrole nitrogens is 1. The van der Waals surface area contributed by atoms with Gasteiger partial charge in [-0.3, -0.25) is 9.78 Å². The molecule has 168 valence electrons. The van der Waals surface area contributed by atoms with Gasteiger partial charge in [0, 0.05) is 22.7 Å². The Morgan fingerprint density at radius 3 is 2.50 bits per heavy atom. The molecule has 1 fully saturated rings. The number of aliphatic carboxylic acids is 1. The Morgan fingerprint density at radius 2 is 1.97 bits per heavy atom. The molecule has 0 unspecified atom stereocenters.